The second kappa shape index (κ2) is 7.93. The monoisotopic (exact) mass is 310 g/mol. The van der Waals surface area contributed by atoms with E-state index >= 15 is 0 Å². The van der Waals surface area contributed by atoms with E-state index in [1.165, 1.54) is 6.33 Å². The highest BCUT2D eigenvalue weighted by molar-refractivity contribution is 5.92. The summed E-state index contributed by atoms with van der Waals surface area (Å²) < 4.78 is 0. The number of hydrogen-bond acceptors (Lipinski definition) is 4. The molecule has 2 aromatic heterocycles. The predicted octanol–water partition coefficient (Wildman–Crippen LogP) is 3.02. The number of fused-ring (bicyclic) bond motifs is 1. The standard InChI is InChI=1S/C17H22N6/c1-5-6-7-14(12(2)3)23-15(18-4)10-20-17-13-8-9-19-16(13)21-11-22-17/h5-9,11H,2,10H2,1,3-4H3,(H,18,23)(H2,19,20,21,22)/b6-5-,14-7+. The molecule has 0 aliphatic carbocycles. The van der Waals surface area contributed by atoms with Gasteiger partial charge in [0, 0.05) is 18.9 Å². The van der Waals surface area contributed by atoms with Crippen LogP contribution in [0.15, 0.2) is 59.7 Å². The van der Waals surface area contributed by atoms with Gasteiger partial charge in [-0.2, -0.15) is 0 Å². The van der Waals surface area contributed by atoms with E-state index in [0.29, 0.717) is 6.54 Å². The van der Waals surface area contributed by atoms with E-state index in [2.05, 4.69) is 37.2 Å². The molecular weight excluding hydrogens is 288 g/mol. The van der Waals surface area contributed by atoms with Crippen LogP contribution in [0.3, 0.4) is 0 Å². The Morgan fingerprint density at radius 2 is 2.26 bits per heavy atom. The van der Waals surface area contributed by atoms with Crippen LogP contribution in [0.25, 0.3) is 11.0 Å². The van der Waals surface area contributed by atoms with E-state index in [0.717, 1.165) is 34.0 Å². The van der Waals surface area contributed by atoms with Crippen LogP contribution in [0.4, 0.5) is 5.82 Å². The Hall–Kier alpha value is -2.89. The summed E-state index contributed by atoms with van der Waals surface area (Å²) in [5.74, 6) is 1.57. The summed E-state index contributed by atoms with van der Waals surface area (Å²) >= 11 is 0. The number of amidine groups is 1. The van der Waals surface area contributed by atoms with Gasteiger partial charge in [-0.1, -0.05) is 18.7 Å². The molecule has 6 heteroatoms. The number of hydrogen-bond donors (Lipinski definition) is 3. The number of rotatable bonds is 6. The van der Waals surface area contributed by atoms with Crippen molar-refractivity contribution >= 4 is 22.7 Å². The van der Waals surface area contributed by atoms with Crippen LogP contribution in [-0.4, -0.2) is 34.4 Å². The van der Waals surface area contributed by atoms with Gasteiger partial charge in [0.15, 0.2) is 0 Å². The van der Waals surface area contributed by atoms with Crippen LogP contribution in [0, 0.1) is 0 Å². The number of anilines is 1. The van der Waals surface area contributed by atoms with Crippen molar-refractivity contribution in [3.63, 3.8) is 0 Å². The lowest BCUT2D eigenvalue weighted by Gasteiger charge is -2.14. The fraction of sp³-hybridized carbons (Fsp3) is 0.235. The summed E-state index contributed by atoms with van der Waals surface area (Å²) in [6.45, 7) is 8.43. The average molecular weight is 310 g/mol. The topological polar surface area (TPSA) is 78.0 Å². The molecule has 0 amide bonds. The molecule has 0 aliphatic heterocycles. The van der Waals surface area contributed by atoms with E-state index in [1.807, 2.05) is 44.3 Å². The molecule has 0 saturated heterocycles. The Bertz CT molecular complexity index is 766. The molecule has 0 radical (unpaired) electrons. The Morgan fingerprint density at radius 3 is 2.96 bits per heavy atom. The van der Waals surface area contributed by atoms with Gasteiger partial charge in [-0.25, -0.2) is 9.97 Å². The van der Waals surface area contributed by atoms with E-state index < -0.39 is 0 Å². The van der Waals surface area contributed by atoms with Crippen molar-refractivity contribution in [2.75, 3.05) is 18.9 Å². The van der Waals surface area contributed by atoms with Crippen LogP contribution in [-0.2, 0) is 0 Å². The molecule has 0 aliphatic rings. The van der Waals surface area contributed by atoms with E-state index in [-0.39, 0.29) is 0 Å². The third-order valence-corrected chi connectivity index (χ3v) is 3.24. The highest BCUT2D eigenvalue weighted by Gasteiger charge is 2.06. The zero-order valence-corrected chi connectivity index (χ0v) is 13.7. The first-order chi connectivity index (χ1) is 11.2. The van der Waals surface area contributed by atoms with Crippen molar-refractivity contribution in [1.82, 2.24) is 20.3 Å². The third kappa shape index (κ3) is 4.29. The summed E-state index contributed by atoms with van der Waals surface area (Å²) in [5.41, 5.74) is 2.68. The largest absolute Gasteiger partial charge is 0.362 e. The number of H-pyrrole nitrogens is 1. The lowest BCUT2D eigenvalue weighted by molar-refractivity contribution is 1.07. The minimum atomic E-state index is 0.522. The molecule has 0 saturated carbocycles. The molecule has 3 N–H and O–H groups in total. The van der Waals surface area contributed by atoms with Crippen molar-refractivity contribution in [3.8, 4) is 0 Å². The molecule has 0 aromatic carbocycles. The Labute approximate surface area is 136 Å². The Morgan fingerprint density at radius 1 is 1.43 bits per heavy atom. The van der Waals surface area contributed by atoms with Crippen LogP contribution >= 0.6 is 0 Å². The normalized spacial score (nSPS) is 12.8. The molecule has 23 heavy (non-hydrogen) atoms. The minimum absolute atomic E-state index is 0.522. The molecule has 120 valence electrons. The van der Waals surface area contributed by atoms with Crippen molar-refractivity contribution in [1.29, 1.82) is 0 Å². The van der Waals surface area contributed by atoms with Gasteiger partial charge in [0.05, 0.1) is 11.9 Å². The quantitative estimate of drug-likeness (QED) is 0.435. The smallest absolute Gasteiger partial charge is 0.142 e. The average Bonchev–Trinajstić information content (AvgIpc) is 3.03. The zero-order valence-electron chi connectivity index (χ0n) is 13.7. The number of nitrogens with zero attached hydrogens (tertiary/aromatic N) is 3. The van der Waals surface area contributed by atoms with Crippen LogP contribution in [0.1, 0.15) is 13.8 Å². The number of allylic oxidation sites excluding steroid dienone is 4. The molecule has 2 aromatic rings. The molecule has 0 unspecified atom stereocenters. The van der Waals surface area contributed by atoms with Crippen molar-refractivity contribution < 1.29 is 0 Å². The van der Waals surface area contributed by atoms with Gasteiger partial charge in [0.25, 0.3) is 0 Å². The molecule has 0 bridgehead atoms. The van der Waals surface area contributed by atoms with Gasteiger partial charge < -0.3 is 15.6 Å². The summed E-state index contributed by atoms with van der Waals surface area (Å²) in [6, 6.07) is 1.94. The van der Waals surface area contributed by atoms with Crippen molar-refractivity contribution in [2.24, 2.45) is 4.99 Å². The number of nitrogens with one attached hydrogen (secondary N) is 3. The molecule has 0 atom stereocenters. The molecule has 6 nitrogen and oxygen atoms in total. The second-order valence-corrected chi connectivity index (χ2v) is 5.00. The second-order valence-electron chi connectivity index (χ2n) is 5.00. The third-order valence-electron chi connectivity index (χ3n) is 3.24. The molecule has 2 heterocycles. The first-order valence-corrected chi connectivity index (χ1v) is 7.39. The van der Waals surface area contributed by atoms with E-state index in [1.54, 1.807) is 7.05 Å². The minimum Gasteiger partial charge on any atom is -0.362 e. The predicted molar refractivity (Wildman–Crippen MR) is 96.6 cm³/mol. The van der Waals surface area contributed by atoms with Crippen LogP contribution in [0.2, 0.25) is 0 Å². The summed E-state index contributed by atoms with van der Waals surface area (Å²) in [5, 5.41) is 7.53. The number of aromatic amines is 1. The molecule has 2 rings (SSSR count). The Kier molecular flexibility index (Phi) is 5.68. The van der Waals surface area contributed by atoms with E-state index in [4.69, 9.17) is 0 Å². The van der Waals surface area contributed by atoms with Gasteiger partial charge in [-0.3, -0.25) is 4.99 Å². The van der Waals surface area contributed by atoms with Gasteiger partial charge in [0.2, 0.25) is 0 Å². The van der Waals surface area contributed by atoms with Gasteiger partial charge >= 0.3 is 0 Å². The van der Waals surface area contributed by atoms with E-state index in [9.17, 15) is 0 Å². The summed E-state index contributed by atoms with van der Waals surface area (Å²) in [6.07, 6.45) is 9.28. The van der Waals surface area contributed by atoms with Crippen molar-refractivity contribution in [3.05, 3.63) is 54.7 Å². The lowest BCUT2D eigenvalue weighted by Crippen LogP contribution is -2.30. The molecule has 0 fully saturated rings. The van der Waals surface area contributed by atoms with Crippen LogP contribution < -0.4 is 10.6 Å². The maximum atomic E-state index is 4.29. The molecular formula is C17H22N6. The Balaban J connectivity index is 2.08. The zero-order chi connectivity index (χ0) is 16.7. The maximum Gasteiger partial charge on any atom is 0.142 e. The number of aliphatic imine (C=N–C) groups is 1. The molecule has 0 spiro atoms. The summed E-state index contributed by atoms with van der Waals surface area (Å²) in [7, 11) is 1.75. The number of aromatic nitrogens is 3. The lowest BCUT2D eigenvalue weighted by atomic mass is 10.2. The van der Waals surface area contributed by atoms with Gasteiger partial charge in [0.1, 0.15) is 23.6 Å². The van der Waals surface area contributed by atoms with Crippen molar-refractivity contribution in [2.45, 2.75) is 13.8 Å². The van der Waals surface area contributed by atoms with Crippen LogP contribution in [0.5, 0.6) is 0 Å². The summed E-state index contributed by atoms with van der Waals surface area (Å²) in [4.78, 5) is 15.8. The van der Waals surface area contributed by atoms with Gasteiger partial charge in [-0.15, -0.1) is 0 Å². The fourth-order valence-electron chi connectivity index (χ4n) is 2.00. The first kappa shape index (κ1) is 16.5. The first-order valence-electron chi connectivity index (χ1n) is 7.39. The fourth-order valence-corrected chi connectivity index (χ4v) is 2.00. The maximum absolute atomic E-state index is 4.29. The highest BCUT2D eigenvalue weighted by Crippen LogP contribution is 2.16. The van der Waals surface area contributed by atoms with Gasteiger partial charge in [-0.05, 0) is 31.6 Å². The SMILES string of the molecule is C=C(C)/C(=C\C=C/C)NC(CNc1ncnc2[nH]ccc12)=NC. The highest BCUT2D eigenvalue weighted by atomic mass is 15.1.